The zero-order valence-electron chi connectivity index (χ0n) is 10.6. The lowest BCUT2D eigenvalue weighted by molar-refractivity contribution is 0.0978. The van der Waals surface area contributed by atoms with Gasteiger partial charge in [-0.15, -0.1) is 0 Å². The molecule has 0 radical (unpaired) electrons. The minimum absolute atomic E-state index is 0.542. The SMILES string of the molecule is CCCCCOCc1cc(CNC2CC2)no1. The van der Waals surface area contributed by atoms with Crippen LogP contribution in [0.5, 0.6) is 0 Å². The summed E-state index contributed by atoms with van der Waals surface area (Å²) in [6, 6.07) is 2.69. The van der Waals surface area contributed by atoms with Crippen molar-refractivity contribution >= 4 is 0 Å². The number of rotatable bonds is 9. The molecule has 0 spiro atoms. The van der Waals surface area contributed by atoms with E-state index in [-0.39, 0.29) is 0 Å². The molecule has 0 aromatic carbocycles. The predicted molar refractivity (Wildman–Crippen MR) is 65.5 cm³/mol. The molecule has 1 aliphatic carbocycles. The quantitative estimate of drug-likeness (QED) is 0.672. The van der Waals surface area contributed by atoms with Crippen molar-refractivity contribution in [1.82, 2.24) is 10.5 Å². The number of aromatic nitrogens is 1. The van der Waals surface area contributed by atoms with E-state index in [0.717, 1.165) is 31.0 Å². The average Bonchev–Trinajstić information content (AvgIpc) is 3.06. The average molecular weight is 238 g/mol. The first-order chi connectivity index (χ1) is 8.38. The van der Waals surface area contributed by atoms with E-state index < -0.39 is 0 Å². The Kier molecular flexibility index (Phi) is 5.01. The van der Waals surface area contributed by atoms with Gasteiger partial charge in [-0.2, -0.15) is 0 Å². The summed E-state index contributed by atoms with van der Waals surface area (Å²) >= 11 is 0. The van der Waals surface area contributed by atoms with Gasteiger partial charge in [0.2, 0.25) is 0 Å². The molecule has 96 valence electrons. The van der Waals surface area contributed by atoms with Gasteiger partial charge in [-0.3, -0.25) is 0 Å². The molecular weight excluding hydrogens is 216 g/mol. The van der Waals surface area contributed by atoms with Crippen LogP contribution in [0, 0.1) is 0 Å². The molecule has 1 aromatic rings. The third-order valence-electron chi connectivity index (χ3n) is 2.89. The smallest absolute Gasteiger partial charge is 0.162 e. The van der Waals surface area contributed by atoms with Crippen LogP contribution in [0.4, 0.5) is 0 Å². The third kappa shape index (κ3) is 4.88. The molecule has 4 heteroatoms. The number of ether oxygens (including phenoxy) is 1. The Balaban J connectivity index is 1.59. The van der Waals surface area contributed by atoms with Crippen molar-refractivity contribution in [3.8, 4) is 0 Å². The van der Waals surface area contributed by atoms with Crippen LogP contribution in [0.25, 0.3) is 0 Å². The summed E-state index contributed by atoms with van der Waals surface area (Å²) in [5.41, 5.74) is 0.976. The van der Waals surface area contributed by atoms with Crippen LogP contribution in [-0.4, -0.2) is 17.8 Å². The van der Waals surface area contributed by atoms with Gasteiger partial charge >= 0.3 is 0 Å². The van der Waals surface area contributed by atoms with Crippen molar-refractivity contribution in [2.45, 2.75) is 58.2 Å². The highest BCUT2D eigenvalue weighted by Crippen LogP contribution is 2.19. The topological polar surface area (TPSA) is 47.3 Å². The molecule has 0 unspecified atom stereocenters. The van der Waals surface area contributed by atoms with E-state index in [4.69, 9.17) is 9.26 Å². The van der Waals surface area contributed by atoms with Gasteiger partial charge in [0.25, 0.3) is 0 Å². The first-order valence-corrected chi connectivity index (χ1v) is 6.64. The molecule has 0 bridgehead atoms. The first kappa shape index (κ1) is 12.6. The lowest BCUT2D eigenvalue weighted by atomic mass is 10.3. The van der Waals surface area contributed by atoms with E-state index in [9.17, 15) is 0 Å². The van der Waals surface area contributed by atoms with Crippen molar-refractivity contribution < 1.29 is 9.26 Å². The summed E-state index contributed by atoms with van der Waals surface area (Å²) in [4.78, 5) is 0. The Hall–Kier alpha value is -0.870. The van der Waals surface area contributed by atoms with Crippen molar-refractivity contribution in [1.29, 1.82) is 0 Å². The zero-order valence-corrected chi connectivity index (χ0v) is 10.6. The number of hydrogen-bond acceptors (Lipinski definition) is 4. The largest absolute Gasteiger partial charge is 0.373 e. The summed E-state index contributed by atoms with van der Waals surface area (Å²) in [6.07, 6.45) is 6.17. The third-order valence-corrected chi connectivity index (χ3v) is 2.89. The van der Waals surface area contributed by atoms with Crippen LogP contribution in [0.3, 0.4) is 0 Å². The van der Waals surface area contributed by atoms with Crippen LogP contribution >= 0.6 is 0 Å². The van der Waals surface area contributed by atoms with Crippen LogP contribution in [0.15, 0.2) is 10.6 Å². The maximum absolute atomic E-state index is 5.52. The van der Waals surface area contributed by atoms with Gasteiger partial charge in [-0.1, -0.05) is 24.9 Å². The van der Waals surface area contributed by atoms with Crippen molar-refractivity contribution in [3.05, 3.63) is 17.5 Å². The van der Waals surface area contributed by atoms with E-state index in [1.165, 1.54) is 25.7 Å². The molecule has 1 heterocycles. The molecule has 1 fully saturated rings. The molecule has 1 saturated carbocycles. The summed E-state index contributed by atoms with van der Waals surface area (Å²) < 4.78 is 10.7. The number of nitrogens with one attached hydrogen (secondary N) is 1. The van der Waals surface area contributed by atoms with Gasteiger partial charge in [0.15, 0.2) is 5.76 Å². The lowest BCUT2D eigenvalue weighted by Crippen LogP contribution is -2.15. The van der Waals surface area contributed by atoms with Gasteiger partial charge in [0.05, 0.1) is 5.69 Å². The molecule has 0 saturated heterocycles. The van der Waals surface area contributed by atoms with Crippen LogP contribution in [0.2, 0.25) is 0 Å². The van der Waals surface area contributed by atoms with Gasteiger partial charge in [-0.25, -0.2) is 0 Å². The molecule has 0 amide bonds. The summed E-state index contributed by atoms with van der Waals surface area (Å²) in [5.74, 6) is 0.828. The molecular formula is C13H22N2O2. The van der Waals surface area contributed by atoms with Gasteiger partial charge in [-0.05, 0) is 19.3 Å². The predicted octanol–water partition coefficient (Wildman–Crippen LogP) is 2.63. The number of unbranched alkanes of at least 4 members (excludes halogenated alkanes) is 2. The van der Waals surface area contributed by atoms with E-state index >= 15 is 0 Å². The molecule has 1 N–H and O–H groups in total. The van der Waals surface area contributed by atoms with Gasteiger partial charge < -0.3 is 14.6 Å². The number of nitrogens with zero attached hydrogens (tertiary/aromatic N) is 1. The van der Waals surface area contributed by atoms with Crippen LogP contribution in [-0.2, 0) is 17.9 Å². The van der Waals surface area contributed by atoms with Crippen molar-refractivity contribution in [2.75, 3.05) is 6.61 Å². The Morgan fingerprint density at radius 1 is 1.47 bits per heavy atom. The Morgan fingerprint density at radius 2 is 2.35 bits per heavy atom. The zero-order chi connectivity index (χ0) is 11.9. The van der Waals surface area contributed by atoms with Crippen LogP contribution in [0.1, 0.15) is 50.5 Å². The second kappa shape index (κ2) is 6.77. The molecule has 1 aliphatic rings. The standard InChI is InChI=1S/C13H22N2O2/c1-2-3-4-7-16-10-13-8-12(15-17-13)9-14-11-5-6-11/h8,11,14H,2-7,9-10H2,1H3. The fourth-order valence-electron chi connectivity index (χ4n) is 1.67. The summed E-state index contributed by atoms with van der Waals surface area (Å²) in [5, 5.41) is 7.42. The molecule has 2 rings (SSSR count). The van der Waals surface area contributed by atoms with E-state index in [2.05, 4.69) is 17.4 Å². The normalized spacial score (nSPS) is 15.4. The fraction of sp³-hybridized carbons (Fsp3) is 0.769. The molecule has 17 heavy (non-hydrogen) atoms. The highest BCUT2D eigenvalue weighted by Gasteiger charge is 2.20. The maximum Gasteiger partial charge on any atom is 0.162 e. The molecule has 0 atom stereocenters. The second-order valence-electron chi connectivity index (χ2n) is 4.70. The van der Waals surface area contributed by atoms with Gasteiger partial charge in [0.1, 0.15) is 6.61 Å². The van der Waals surface area contributed by atoms with Gasteiger partial charge in [0, 0.05) is 25.3 Å². The van der Waals surface area contributed by atoms with E-state index in [1.807, 2.05) is 6.07 Å². The minimum atomic E-state index is 0.542. The highest BCUT2D eigenvalue weighted by atomic mass is 16.5. The Morgan fingerprint density at radius 3 is 3.12 bits per heavy atom. The van der Waals surface area contributed by atoms with E-state index in [0.29, 0.717) is 12.6 Å². The van der Waals surface area contributed by atoms with Crippen molar-refractivity contribution in [2.24, 2.45) is 0 Å². The van der Waals surface area contributed by atoms with Crippen molar-refractivity contribution in [3.63, 3.8) is 0 Å². The fourth-order valence-corrected chi connectivity index (χ4v) is 1.67. The summed E-state index contributed by atoms with van der Waals surface area (Å²) in [6.45, 7) is 4.35. The molecule has 1 aromatic heterocycles. The number of hydrogen-bond donors (Lipinski definition) is 1. The highest BCUT2D eigenvalue weighted by molar-refractivity contribution is 5.04. The van der Waals surface area contributed by atoms with E-state index in [1.54, 1.807) is 0 Å². The molecule has 4 nitrogen and oxygen atoms in total. The second-order valence-corrected chi connectivity index (χ2v) is 4.70. The maximum atomic E-state index is 5.52. The van der Waals surface area contributed by atoms with Crippen LogP contribution < -0.4 is 5.32 Å². The molecule has 0 aliphatic heterocycles. The Bertz CT molecular complexity index is 321. The monoisotopic (exact) mass is 238 g/mol. The first-order valence-electron chi connectivity index (χ1n) is 6.64. The minimum Gasteiger partial charge on any atom is -0.373 e. The summed E-state index contributed by atoms with van der Waals surface area (Å²) in [7, 11) is 0. The Labute approximate surface area is 103 Å². The lowest BCUT2D eigenvalue weighted by Gasteiger charge is -1.99.